The van der Waals surface area contributed by atoms with E-state index >= 15 is 0 Å². The van der Waals surface area contributed by atoms with E-state index in [0.717, 1.165) is 54.8 Å². The molecule has 1 saturated heterocycles. The molecule has 8 nitrogen and oxygen atoms in total. The van der Waals surface area contributed by atoms with Gasteiger partial charge in [-0.3, -0.25) is 4.90 Å². The average Bonchev–Trinajstić information content (AvgIpc) is 3.10. The molecule has 0 bridgehead atoms. The van der Waals surface area contributed by atoms with Crippen LogP contribution >= 0.6 is 0 Å². The summed E-state index contributed by atoms with van der Waals surface area (Å²) in [6, 6.07) is 7.97. The van der Waals surface area contributed by atoms with E-state index in [-0.39, 0.29) is 22.9 Å². The maximum Gasteiger partial charge on any atom is 0.227 e. The first-order chi connectivity index (χ1) is 15.0. The number of ether oxygens (including phenoxy) is 1. The molecular weight excluding hydrogens is 414 g/mol. The second-order valence-electron chi connectivity index (χ2n) is 8.88. The van der Waals surface area contributed by atoms with E-state index in [4.69, 9.17) is 4.74 Å². The van der Waals surface area contributed by atoms with Gasteiger partial charge in [0.05, 0.1) is 47.9 Å². The van der Waals surface area contributed by atoms with Gasteiger partial charge >= 0.3 is 0 Å². The number of aromatic nitrogens is 4. The summed E-state index contributed by atoms with van der Waals surface area (Å²) in [6.07, 6.45) is 5.73. The summed E-state index contributed by atoms with van der Waals surface area (Å²) >= 11 is 0. The fourth-order valence-electron chi connectivity index (χ4n) is 4.29. The lowest BCUT2D eigenvalue weighted by atomic mass is 10.2. The second-order valence-corrected chi connectivity index (χ2v) is 10.8. The Morgan fingerprint density at radius 1 is 1.23 bits per heavy atom. The highest BCUT2D eigenvalue weighted by molar-refractivity contribution is 7.91. The zero-order valence-electron chi connectivity index (χ0n) is 17.8. The Hall–Kier alpha value is -2.23. The lowest BCUT2D eigenvalue weighted by Crippen LogP contribution is -2.25. The molecule has 166 valence electrons. The third-order valence-electron chi connectivity index (χ3n) is 6.03. The number of sulfone groups is 1. The predicted octanol–water partition coefficient (Wildman–Crippen LogP) is 2.75. The van der Waals surface area contributed by atoms with Gasteiger partial charge in [-0.05, 0) is 50.8 Å². The first-order valence-corrected chi connectivity index (χ1v) is 12.6. The summed E-state index contributed by atoms with van der Waals surface area (Å²) in [6.45, 7) is 2.48. The van der Waals surface area contributed by atoms with E-state index in [1.54, 1.807) is 6.20 Å². The normalized spacial score (nSPS) is 19.6. The van der Waals surface area contributed by atoms with Gasteiger partial charge in [-0.15, -0.1) is 0 Å². The number of fused-ring (bicyclic) bond motifs is 1. The zero-order valence-corrected chi connectivity index (χ0v) is 18.6. The van der Waals surface area contributed by atoms with Crippen molar-refractivity contribution >= 4 is 20.9 Å². The number of hydrogen-bond acceptors (Lipinski definition) is 6. The Kier molecular flexibility index (Phi) is 5.58. The van der Waals surface area contributed by atoms with Crippen molar-refractivity contribution in [3.05, 3.63) is 42.0 Å². The van der Waals surface area contributed by atoms with Crippen LogP contribution in [-0.4, -0.2) is 58.3 Å². The number of nitrogens with zero attached hydrogens (tertiary/aromatic N) is 4. The molecule has 3 heterocycles. The number of H-pyrrole nitrogens is 1. The Bertz CT molecular complexity index is 1130. The summed E-state index contributed by atoms with van der Waals surface area (Å²) in [5.74, 6) is 1.37. The van der Waals surface area contributed by atoms with E-state index in [1.807, 2.05) is 35.9 Å². The molecule has 0 radical (unpaired) electrons. The monoisotopic (exact) mass is 443 g/mol. The van der Waals surface area contributed by atoms with Crippen LogP contribution in [0.1, 0.15) is 37.2 Å². The lowest BCUT2D eigenvalue weighted by molar-refractivity contribution is 0.0934. The van der Waals surface area contributed by atoms with Crippen LogP contribution in [0.4, 0.5) is 0 Å². The van der Waals surface area contributed by atoms with Crippen molar-refractivity contribution in [1.82, 2.24) is 24.4 Å². The molecule has 2 aliphatic rings. The molecule has 9 heteroatoms. The van der Waals surface area contributed by atoms with E-state index in [0.29, 0.717) is 19.6 Å². The summed E-state index contributed by atoms with van der Waals surface area (Å²) in [5, 5.41) is 0.196. The van der Waals surface area contributed by atoms with Gasteiger partial charge in [-0.1, -0.05) is 12.1 Å². The molecule has 1 aliphatic heterocycles. The number of rotatable bonds is 9. The van der Waals surface area contributed by atoms with Gasteiger partial charge < -0.3 is 14.3 Å². The standard InChI is InChI=1S/C22H29N5O3S/c1-26(14-21-24-19-6-2-3-7-20(19)25-21)12-17-11-23-22(31(28,29)15-16-8-9-16)27(17)13-18-5-4-10-30-18/h2-3,6-7,11,16,18H,4-5,8-10,12-15H2,1H3,(H,24,25)/t18-/m1/s1. The van der Waals surface area contributed by atoms with Crippen LogP contribution < -0.4 is 0 Å². The average molecular weight is 444 g/mol. The van der Waals surface area contributed by atoms with Crippen molar-refractivity contribution in [2.45, 2.75) is 56.6 Å². The van der Waals surface area contributed by atoms with Crippen molar-refractivity contribution in [2.75, 3.05) is 19.4 Å². The Labute approximate surface area is 182 Å². The molecule has 2 aromatic heterocycles. The largest absolute Gasteiger partial charge is 0.376 e. The van der Waals surface area contributed by atoms with Crippen molar-refractivity contribution in [3.63, 3.8) is 0 Å². The second kappa shape index (κ2) is 8.37. The lowest BCUT2D eigenvalue weighted by Gasteiger charge is -2.19. The van der Waals surface area contributed by atoms with Crippen LogP contribution in [0.3, 0.4) is 0 Å². The van der Waals surface area contributed by atoms with Crippen molar-refractivity contribution < 1.29 is 13.2 Å². The van der Waals surface area contributed by atoms with Crippen LogP contribution in [0.5, 0.6) is 0 Å². The van der Waals surface area contributed by atoms with E-state index < -0.39 is 9.84 Å². The van der Waals surface area contributed by atoms with Crippen LogP contribution in [0.25, 0.3) is 11.0 Å². The Balaban J connectivity index is 1.36. The van der Waals surface area contributed by atoms with Crippen LogP contribution in [0, 0.1) is 5.92 Å². The number of para-hydroxylation sites is 2. The van der Waals surface area contributed by atoms with Crippen LogP contribution in [0.2, 0.25) is 0 Å². The molecule has 5 rings (SSSR count). The highest BCUT2D eigenvalue weighted by Gasteiger charge is 2.33. The molecule has 2 fully saturated rings. The van der Waals surface area contributed by atoms with Gasteiger partial charge in [-0.25, -0.2) is 18.4 Å². The number of nitrogens with one attached hydrogen (secondary N) is 1. The molecule has 0 amide bonds. The first kappa shape index (κ1) is 20.7. The maximum atomic E-state index is 13.0. The van der Waals surface area contributed by atoms with Crippen molar-refractivity contribution in [1.29, 1.82) is 0 Å². The molecule has 0 spiro atoms. The van der Waals surface area contributed by atoms with Gasteiger partial charge in [0, 0.05) is 13.2 Å². The van der Waals surface area contributed by atoms with Gasteiger partial charge in [-0.2, -0.15) is 0 Å². The minimum Gasteiger partial charge on any atom is -0.376 e. The molecular formula is C22H29N5O3S. The van der Waals surface area contributed by atoms with Gasteiger partial charge in [0.25, 0.3) is 0 Å². The zero-order chi connectivity index (χ0) is 21.4. The smallest absolute Gasteiger partial charge is 0.227 e. The quantitative estimate of drug-likeness (QED) is 0.547. The summed E-state index contributed by atoms with van der Waals surface area (Å²) in [7, 11) is -1.39. The minimum atomic E-state index is -3.40. The van der Waals surface area contributed by atoms with Crippen molar-refractivity contribution in [2.24, 2.45) is 5.92 Å². The van der Waals surface area contributed by atoms with E-state index in [2.05, 4.69) is 19.9 Å². The number of imidazole rings is 2. The van der Waals surface area contributed by atoms with Gasteiger partial charge in [0.15, 0.2) is 0 Å². The molecule has 1 atom stereocenters. The highest BCUT2D eigenvalue weighted by Crippen LogP contribution is 2.32. The highest BCUT2D eigenvalue weighted by atomic mass is 32.2. The molecule has 1 saturated carbocycles. The van der Waals surface area contributed by atoms with Crippen molar-refractivity contribution in [3.8, 4) is 0 Å². The molecule has 3 aromatic rings. The fraction of sp³-hybridized carbons (Fsp3) is 0.545. The number of benzene rings is 1. The summed E-state index contributed by atoms with van der Waals surface area (Å²) in [4.78, 5) is 14.5. The fourth-order valence-corrected chi connectivity index (χ4v) is 6.14. The Morgan fingerprint density at radius 3 is 2.81 bits per heavy atom. The molecule has 1 N–H and O–H groups in total. The van der Waals surface area contributed by atoms with E-state index in [1.165, 1.54) is 0 Å². The predicted molar refractivity (Wildman–Crippen MR) is 117 cm³/mol. The molecule has 31 heavy (non-hydrogen) atoms. The topological polar surface area (TPSA) is 93.1 Å². The minimum absolute atomic E-state index is 0.0449. The van der Waals surface area contributed by atoms with E-state index in [9.17, 15) is 8.42 Å². The number of aromatic amines is 1. The molecule has 0 unspecified atom stereocenters. The van der Waals surface area contributed by atoms with Crippen LogP contribution in [-0.2, 0) is 34.2 Å². The SMILES string of the molecule is CN(Cc1nc2ccccc2[nH]1)Cc1cnc(S(=O)(=O)CC2CC2)n1C[C@H]1CCCO1. The molecule has 1 aromatic carbocycles. The van der Waals surface area contributed by atoms with Gasteiger partial charge in [0.2, 0.25) is 15.0 Å². The Morgan fingerprint density at radius 2 is 2.06 bits per heavy atom. The third-order valence-corrected chi connectivity index (χ3v) is 7.82. The maximum absolute atomic E-state index is 13.0. The molecule has 1 aliphatic carbocycles. The van der Waals surface area contributed by atoms with Gasteiger partial charge in [0.1, 0.15) is 5.82 Å². The number of hydrogen-bond donors (Lipinski definition) is 1. The first-order valence-electron chi connectivity index (χ1n) is 11.0. The summed E-state index contributed by atoms with van der Waals surface area (Å²) in [5.41, 5.74) is 2.86. The third kappa shape index (κ3) is 4.68. The summed E-state index contributed by atoms with van der Waals surface area (Å²) < 4.78 is 33.7. The van der Waals surface area contributed by atoms with Crippen LogP contribution in [0.15, 0.2) is 35.6 Å².